The normalized spacial score (nSPS) is 17.3. The van der Waals surface area contributed by atoms with Gasteiger partial charge in [0.1, 0.15) is 5.25 Å². The number of aliphatic imine (C=N–C) groups is 1. The maximum Gasteiger partial charge on any atom is 0.238 e. The van der Waals surface area contributed by atoms with Gasteiger partial charge >= 0.3 is 0 Å². The van der Waals surface area contributed by atoms with E-state index in [9.17, 15) is 9.59 Å². The molecule has 0 saturated carbocycles. The smallest absolute Gasteiger partial charge is 0.238 e. The predicted molar refractivity (Wildman–Crippen MR) is 136 cm³/mol. The maximum absolute atomic E-state index is 13.1. The number of thioether (sulfide) groups is 1. The van der Waals surface area contributed by atoms with Crippen molar-refractivity contribution >= 4 is 63.3 Å². The van der Waals surface area contributed by atoms with Crippen LogP contribution in [0.25, 0.3) is 0 Å². The summed E-state index contributed by atoms with van der Waals surface area (Å²) in [4.78, 5) is 32.3. The minimum Gasteiger partial charge on any atom is -0.325 e. The van der Waals surface area contributed by atoms with E-state index in [4.69, 9.17) is 23.2 Å². The summed E-state index contributed by atoms with van der Waals surface area (Å²) >= 11 is 13.5. The Morgan fingerprint density at radius 2 is 1.64 bits per heavy atom. The number of nitrogens with one attached hydrogen (secondary N) is 1. The third-order valence-electron chi connectivity index (χ3n) is 5.01. The zero-order valence-electron chi connectivity index (χ0n) is 17.6. The van der Waals surface area contributed by atoms with Crippen molar-refractivity contribution in [3.63, 3.8) is 0 Å². The molecule has 5 nitrogen and oxygen atoms in total. The molecule has 33 heavy (non-hydrogen) atoms. The number of amidine groups is 1. The molecule has 1 atom stereocenters. The lowest BCUT2D eigenvalue weighted by Crippen LogP contribution is -2.46. The third-order valence-corrected chi connectivity index (χ3v) is 6.64. The minimum atomic E-state index is -0.598. The van der Waals surface area contributed by atoms with Crippen molar-refractivity contribution in [2.45, 2.75) is 18.1 Å². The number of hydrogen-bond donors (Lipinski definition) is 1. The first-order chi connectivity index (χ1) is 16.0. The van der Waals surface area contributed by atoms with Crippen LogP contribution in [-0.2, 0) is 16.0 Å². The van der Waals surface area contributed by atoms with Crippen molar-refractivity contribution in [3.05, 3.63) is 94.5 Å². The Labute approximate surface area is 206 Å². The molecule has 0 spiro atoms. The molecule has 0 radical (unpaired) electrons. The van der Waals surface area contributed by atoms with Crippen LogP contribution in [0.1, 0.15) is 12.0 Å². The number of halogens is 2. The van der Waals surface area contributed by atoms with E-state index in [0.29, 0.717) is 39.6 Å². The largest absolute Gasteiger partial charge is 0.325 e. The fourth-order valence-electron chi connectivity index (χ4n) is 3.41. The number of carbonyl (C=O) groups is 2. The zero-order valence-corrected chi connectivity index (χ0v) is 19.9. The molecule has 8 heteroatoms. The molecule has 0 aromatic heterocycles. The highest BCUT2D eigenvalue weighted by Crippen LogP contribution is 2.32. The van der Waals surface area contributed by atoms with Crippen molar-refractivity contribution in [1.82, 2.24) is 4.90 Å². The highest BCUT2D eigenvalue weighted by Gasteiger charge is 2.35. The second kappa shape index (κ2) is 10.9. The van der Waals surface area contributed by atoms with E-state index in [-0.39, 0.29) is 18.2 Å². The summed E-state index contributed by atoms with van der Waals surface area (Å²) in [5.41, 5.74) is 2.32. The van der Waals surface area contributed by atoms with Gasteiger partial charge in [-0.05, 0) is 42.3 Å². The van der Waals surface area contributed by atoms with Crippen LogP contribution in [0.2, 0.25) is 10.0 Å². The molecular weight excluding hydrogens is 477 g/mol. The van der Waals surface area contributed by atoms with Gasteiger partial charge in [-0.15, -0.1) is 0 Å². The molecule has 1 aliphatic rings. The van der Waals surface area contributed by atoms with Crippen LogP contribution in [0.4, 0.5) is 11.4 Å². The Morgan fingerprint density at radius 3 is 2.30 bits per heavy atom. The molecule has 168 valence electrons. The number of anilines is 1. The molecule has 1 fully saturated rings. The van der Waals surface area contributed by atoms with E-state index >= 15 is 0 Å². The van der Waals surface area contributed by atoms with Crippen molar-refractivity contribution in [1.29, 1.82) is 0 Å². The number of benzene rings is 3. The van der Waals surface area contributed by atoms with Crippen LogP contribution >= 0.6 is 35.0 Å². The maximum atomic E-state index is 13.1. The molecule has 0 bridgehead atoms. The van der Waals surface area contributed by atoms with Crippen LogP contribution in [0, 0.1) is 0 Å². The Balaban J connectivity index is 1.58. The third kappa shape index (κ3) is 6.38. The van der Waals surface area contributed by atoms with E-state index in [1.807, 2.05) is 60.7 Å². The highest BCUT2D eigenvalue weighted by atomic mass is 35.5. The highest BCUT2D eigenvalue weighted by molar-refractivity contribution is 8.15. The van der Waals surface area contributed by atoms with E-state index in [1.54, 1.807) is 23.1 Å². The predicted octanol–water partition coefficient (Wildman–Crippen LogP) is 6.20. The van der Waals surface area contributed by atoms with E-state index in [1.165, 1.54) is 11.8 Å². The summed E-state index contributed by atoms with van der Waals surface area (Å²) in [6.07, 6.45) is 0.761. The number of para-hydroxylation sites is 1. The quantitative estimate of drug-likeness (QED) is 0.441. The molecule has 1 heterocycles. The van der Waals surface area contributed by atoms with Gasteiger partial charge in [-0.25, -0.2) is 4.99 Å². The Kier molecular flexibility index (Phi) is 7.70. The summed E-state index contributed by atoms with van der Waals surface area (Å²) < 4.78 is 0. The number of rotatable bonds is 6. The number of nitrogens with zero attached hydrogens (tertiary/aromatic N) is 2. The molecule has 1 aliphatic heterocycles. The first-order valence-corrected chi connectivity index (χ1v) is 12.0. The second-order valence-corrected chi connectivity index (χ2v) is 9.51. The summed E-state index contributed by atoms with van der Waals surface area (Å²) in [5.74, 6) is -0.385. The Bertz CT molecular complexity index is 1150. The van der Waals surface area contributed by atoms with Crippen LogP contribution in [0.5, 0.6) is 0 Å². The van der Waals surface area contributed by atoms with E-state index in [2.05, 4.69) is 10.3 Å². The lowest BCUT2D eigenvalue weighted by atomic mass is 10.1. The van der Waals surface area contributed by atoms with Gasteiger partial charge < -0.3 is 5.32 Å². The van der Waals surface area contributed by atoms with Crippen molar-refractivity contribution < 1.29 is 9.59 Å². The fraction of sp³-hybridized carbons (Fsp3) is 0.160. The van der Waals surface area contributed by atoms with Crippen LogP contribution in [-0.4, -0.2) is 33.7 Å². The second-order valence-electron chi connectivity index (χ2n) is 7.47. The molecule has 1 saturated heterocycles. The van der Waals surface area contributed by atoms with Crippen molar-refractivity contribution in [3.8, 4) is 0 Å². The van der Waals surface area contributed by atoms with Gasteiger partial charge in [0.25, 0.3) is 0 Å². The van der Waals surface area contributed by atoms with Crippen LogP contribution in [0.3, 0.4) is 0 Å². The van der Waals surface area contributed by atoms with Gasteiger partial charge in [0, 0.05) is 28.7 Å². The van der Waals surface area contributed by atoms with Gasteiger partial charge in [-0.3, -0.25) is 14.5 Å². The van der Waals surface area contributed by atoms with E-state index in [0.717, 1.165) is 5.56 Å². The molecule has 0 aliphatic carbocycles. The first kappa shape index (κ1) is 23.4. The number of amides is 2. The lowest BCUT2D eigenvalue weighted by Gasteiger charge is -2.32. The lowest BCUT2D eigenvalue weighted by molar-refractivity contribution is -0.129. The Morgan fingerprint density at radius 1 is 1.00 bits per heavy atom. The molecule has 1 unspecified atom stereocenters. The van der Waals surface area contributed by atoms with Gasteiger partial charge in [0.15, 0.2) is 5.17 Å². The molecule has 3 aromatic rings. The fourth-order valence-corrected chi connectivity index (χ4v) is 5.04. The Hall–Kier alpha value is -2.80. The summed E-state index contributed by atoms with van der Waals surface area (Å²) in [7, 11) is 0. The molecule has 1 N–H and O–H groups in total. The van der Waals surface area contributed by atoms with Crippen molar-refractivity contribution in [2.75, 3.05) is 11.9 Å². The molecule has 4 rings (SSSR count). The summed E-state index contributed by atoms with van der Waals surface area (Å²) in [6.45, 7) is 0.454. The van der Waals surface area contributed by atoms with Gasteiger partial charge in [-0.2, -0.15) is 0 Å². The van der Waals surface area contributed by atoms with Gasteiger partial charge in [0.05, 0.1) is 5.69 Å². The number of hydrogen-bond acceptors (Lipinski definition) is 4. The first-order valence-electron chi connectivity index (χ1n) is 10.4. The summed E-state index contributed by atoms with van der Waals surface area (Å²) in [6, 6.07) is 24.1. The standard InChI is InChI=1S/C25H21Cl2N3O2S/c26-18-13-19(27)15-21(14-18)29-25-30(12-11-17-7-3-1-4-8-17)23(31)16-22(33-25)24(32)28-20-9-5-2-6-10-20/h1-10,13-15,22H,11-12,16H2,(H,28,32). The van der Waals surface area contributed by atoms with Crippen molar-refractivity contribution in [2.24, 2.45) is 4.99 Å². The monoisotopic (exact) mass is 497 g/mol. The molecular formula is C25H21Cl2N3O2S. The van der Waals surface area contributed by atoms with Gasteiger partial charge in [-0.1, -0.05) is 83.5 Å². The summed E-state index contributed by atoms with van der Waals surface area (Å²) in [5, 5.41) is 3.63. The molecule has 3 aromatic carbocycles. The zero-order chi connectivity index (χ0) is 23.2. The van der Waals surface area contributed by atoms with E-state index < -0.39 is 5.25 Å². The molecule has 2 amide bonds. The minimum absolute atomic E-state index is 0.0907. The number of carbonyl (C=O) groups excluding carboxylic acids is 2. The van der Waals surface area contributed by atoms with Crippen LogP contribution < -0.4 is 5.32 Å². The van der Waals surface area contributed by atoms with Crippen LogP contribution in [0.15, 0.2) is 83.9 Å². The topological polar surface area (TPSA) is 61.8 Å². The average Bonchev–Trinajstić information content (AvgIpc) is 2.79. The average molecular weight is 498 g/mol. The SMILES string of the molecule is O=C(Nc1ccccc1)C1CC(=O)N(CCc2ccccc2)C(=Nc2cc(Cl)cc(Cl)c2)S1. The van der Waals surface area contributed by atoms with Gasteiger partial charge in [0.2, 0.25) is 11.8 Å².